The normalized spacial score (nSPS) is 11.3. The Labute approximate surface area is 125 Å². The van der Waals surface area contributed by atoms with Gasteiger partial charge in [0.25, 0.3) is 5.91 Å². The summed E-state index contributed by atoms with van der Waals surface area (Å²) in [4.78, 5) is 11.8. The number of nitrogens with two attached hydrogens (primary N) is 1. The van der Waals surface area contributed by atoms with Crippen molar-refractivity contribution < 1.29 is 17.9 Å². The number of hydrogen-bond donors (Lipinski definition) is 2. The largest absolute Gasteiger partial charge is 0.381 e. The number of amides is 1. The van der Waals surface area contributed by atoms with Gasteiger partial charge in [-0.1, -0.05) is 13.3 Å². The fourth-order valence-electron chi connectivity index (χ4n) is 1.62. The van der Waals surface area contributed by atoms with Crippen molar-refractivity contribution in [1.29, 1.82) is 0 Å². The Balaban J connectivity index is 2.32. The molecular weight excluding hydrogens is 292 g/mol. The van der Waals surface area contributed by atoms with Crippen molar-refractivity contribution in [1.82, 2.24) is 5.32 Å². The molecule has 0 spiro atoms. The van der Waals surface area contributed by atoms with E-state index in [1.807, 2.05) is 0 Å². The number of carbonyl (C=O) groups excluding carboxylic acids is 1. The summed E-state index contributed by atoms with van der Waals surface area (Å²) in [5.41, 5.74) is 0.398. The van der Waals surface area contributed by atoms with E-state index in [1.165, 1.54) is 24.3 Å². The molecule has 1 rings (SSSR count). The first kappa shape index (κ1) is 17.6. The Morgan fingerprint density at radius 2 is 1.81 bits per heavy atom. The number of nitrogens with one attached hydrogen (secondary N) is 1. The van der Waals surface area contributed by atoms with Gasteiger partial charge in [0.15, 0.2) is 0 Å². The lowest BCUT2D eigenvalue weighted by Crippen LogP contribution is -2.25. The van der Waals surface area contributed by atoms with E-state index in [0.717, 1.165) is 25.9 Å². The van der Waals surface area contributed by atoms with Gasteiger partial charge in [-0.3, -0.25) is 4.79 Å². The first-order valence-electron chi connectivity index (χ1n) is 6.94. The molecule has 0 saturated carbocycles. The van der Waals surface area contributed by atoms with Crippen molar-refractivity contribution in [2.24, 2.45) is 5.14 Å². The summed E-state index contributed by atoms with van der Waals surface area (Å²) in [5.74, 6) is -0.246. The highest BCUT2D eigenvalue weighted by molar-refractivity contribution is 7.89. The Bertz CT molecular complexity index is 541. The molecule has 0 aliphatic heterocycles. The second-order valence-corrected chi connectivity index (χ2v) is 6.21. The highest BCUT2D eigenvalue weighted by Gasteiger charge is 2.09. The van der Waals surface area contributed by atoms with Gasteiger partial charge in [0.1, 0.15) is 0 Å². The quantitative estimate of drug-likeness (QED) is 0.671. The van der Waals surface area contributed by atoms with Gasteiger partial charge in [0.05, 0.1) is 4.90 Å². The highest BCUT2D eigenvalue weighted by Crippen LogP contribution is 2.08. The second kappa shape index (κ2) is 8.76. The molecule has 6 nitrogen and oxygen atoms in total. The molecule has 0 radical (unpaired) electrons. The third kappa shape index (κ3) is 6.70. The summed E-state index contributed by atoms with van der Waals surface area (Å²) in [5, 5.41) is 7.74. The van der Waals surface area contributed by atoms with Gasteiger partial charge in [-0.15, -0.1) is 0 Å². The first-order valence-corrected chi connectivity index (χ1v) is 8.48. The number of hydrogen-bond acceptors (Lipinski definition) is 4. The number of unbranched alkanes of at least 4 members (excludes halogenated alkanes) is 1. The molecular formula is C14H22N2O4S. The maximum Gasteiger partial charge on any atom is 0.251 e. The van der Waals surface area contributed by atoms with Crippen LogP contribution in [0.1, 0.15) is 36.5 Å². The predicted molar refractivity (Wildman–Crippen MR) is 80.5 cm³/mol. The Kier molecular flexibility index (Phi) is 7.35. The highest BCUT2D eigenvalue weighted by atomic mass is 32.2. The van der Waals surface area contributed by atoms with Gasteiger partial charge in [-0.05, 0) is 37.1 Å². The lowest BCUT2D eigenvalue weighted by atomic mass is 10.2. The third-order valence-corrected chi connectivity index (χ3v) is 3.77. The van der Waals surface area contributed by atoms with Crippen LogP contribution in [-0.2, 0) is 14.8 Å². The van der Waals surface area contributed by atoms with Gasteiger partial charge < -0.3 is 10.1 Å². The van der Waals surface area contributed by atoms with E-state index in [9.17, 15) is 13.2 Å². The number of primary sulfonamides is 1. The van der Waals surface area contributed by atoms with Crippen molar-refractivity contribution in [2.45, 2.75) is 31.1 Å². The van der Waals surface area contributed by atoms with Gasteiger partial charge in [0, 0.05) is 25.3 Å². The summed E-state index contributed by atoms with van der Waals surface area (Å²) in [7, 11) is -3.73. The minimum atomic E-state index is -3.73. The average molecular weight is 314 g/mol. The fourth-order valence-corrected chi connectivity index (χ4v) is 2.14. The minimum absolute atomic E-state index is 0.0108. The van der Waals surface area contributed by atoms with Crippen LogP contribution in [0.15, 0.2) is 29.2 Å². The van der Waals surface area contributed by atoms with Gasteiger partial charge >= 0.3 is 0 Å². The van der Waals surface area contributed by atoms with E-state index in [0.29, 0.717) is 18.7 Å². The molecule has 0 aromatic heterocycles. The van der Waals surface area contributed by atoms with Crippen LogP contribution in [0.4, 0.5) is 0 Å². The van der Waals surface area contributed by atoms with E-state index < -0.39 is 10.0 Å². The van der Waals surface area contributed by atoms with Crippen LogP contribution in [0.3, 0.4) is 0 Å². The molecule has 0 fully saturated rings. The van der Waals surface area contributed by atoms with Crippen molar-refractivity contribution in [2.75, 3.05) is 19.8 Å². The number of sulfonamides is 1. The van der Waals surface area contributed by atoms with Crippen LogP contribution in [-0.4, -0.2) is 34.1 Å². The fraction of sp³-hybridized carbons (Fsp3) is 0.500. The van der Waals surface area contributed by atoms with Crippen LogP contribution >= 0.6 is 0 Å². The van der Waals surface area contributed by atoms with Crippen LogP contribution in [0, 0.1) is 0 Å². The summed E-state index contributed by atoms with van der Waals surface area (Å²) >= 11 is 0. The zero-order valence-corrected chi connectivity index (χ0v) is 13.0. The molecule has 3 N–H and O–H groups in total. The zero-order chi connectivity index (χ0) is 15.7. The zero-order valence-electron chi connectivity index (χ0n) is 12.2. The van der Waals surface area contributed by atoms with Crippen LogP contribution in [0.25, 0.3) is 0 Å². The molecule has 0 atom stereocenters. The summed E-state index contributed by atoms with van der Waals surface area (Å²) < 4.78 is 27.6. The summed E-state index contributed by atoms with van der Waals surface area (Å²) in [6.07, 6.45) is 2.89. The van der Waals surface area contributed by atoms with Crippen molar-refractivity contribution in [3.8, 4) is 0 Å². The molecule has 21 heavy (non-hydrogen) atoms. The van der Waals surface area contributed by atoms with E-state index >= 15 is 0 Å². The van der Waals surface area contributed by atoms with Crippen molar-refractivity contribution in [3.05, 3.63) is 29.8 Å². The minimum Gasteiger partial charge on any atom is -0.381 e. The number of benzene rings is 1. The Morgan fingerprint density at radius 3 is 2.38 bits per heavy atom. The molecule has 1 aromatic rings. The second-order valence-electron chi connectivity index (χ2n) is 4.64. The number of carbonyl (C=O) groups is 1. The predicted octanol–water partition coefficient (Wildman–Crippen LogP) is 1.27. The first-order chi connectivity index (χ1) is 9.95. The molecule has 1 amide bonds. The van der Waals surface area contributed by atoms with Gasteiger partial charge in [-0.2, -0.15) is 0 Å². The third-order valence-electron chi connectivity index (χ3n) is 2.84. The smallest absolute Gasteiger partial charge is 0.251 e. The average Bonchev–Trinajstić information content (AvgIpc) is 2.45. The molecule has 0 heterocycles. The molecule has 0 bridgehead atoms. The van der Waals surface area contributed by atoms with Crippen LogP contribution in [0.2, 0.25) is 0 Å². The standard InChI is InChI=1S/C14H22N2O4S/c1-2-3-10-20-11-4-9-16-14(17)12-5-7-13(8-6-12)21(15,18)19/h5-8H,2-4,9-11H2,1H3,(H,16,17)(H2,15,18,19). The monoisotopic (exact) mass is 314 g/mol. The molecule has 0 aliphatic carbocycles. The van der Waals surface area contributed by atoms with E-state index in [4.69, 9.17) is 9.88 Å². The lowest BCUT2D eigenvalue weighted by Gasteiger charge is -2.06. The van der Waals surface area contributed by atoms with Crippen LogP contribution in [0.5, 0.6) is 0 Å². The molecule has 118 valence electrons. The maximum atomic E-state index is 11.8. The molecule has 1 aromatic carbocycles. The Morgan fingerprint density at radius 1 is 1.19 bits per heavy atom. The lowest BCUT2D eigenvalue weighted by molar-refractivity contribution is 0.0940. The Hall–Kier alpha value is -1.44. The van der Waals surface area contributed by atoms with Crippen LogP contribution < -0.4 is 10.5 Å². The molecule has 0 saturated heterocycles. The summed E-state index contributed by atoms with van der Waals surface area (Å²) in [6, 6.07) is 5.51. The number of ether oxygens (including phenoxy) is 1. The summed E-state index contributed by atoms with van der Waals surface area (Å²) in [6.45, 7) is 3.98. The van der Waals surface area contributed by atoms with E-state index in [-0.39, 0.29) is 10.8 Å². The molecule has 0 unspecified atom stereocenters. The van der Waals surface area contributed by atoms with Gasteiger partial charge in [-0.25, -0.2) is 13.6 Å². The maximum absolute atomic E-state index is 11.8. The van der Waals surface area contributed by atoms with Gasteiger partial charge in [0.2, 0.25) is 10.0 Å². The van der Waals surface area contributed by atoms with Crippen molar-refractivity contribution >= 4 is 15.9 Å². The SMILES string of the molecule is CCCCOCCCNC(=O)c1ccc(S(N)(=O)=O)cc1. The molecule has 7 heteroatoms. The number of rotatable bonds is 9. The van der Waals surface area contributed by atoms with Crippen molar-refractivity contribution in [3.63, 3.8) is 0 Å². The van der Waals surface area contributed by atoms with E-state index in [2.05, 4.69) is 12.2 Å². The van der Waals surface area contributed by atoms with E-state index in [1.54, 1.807) is 0 Å². The molecule has 0 aliphatic rings. The topological polar surface area (TPSA) is 98.5 Å².